The van der Waals surface area contributed by atoms with Gasteiger partial charge in [0.15, 0.2) is 10.7 Å². The molecule has 2 aromatic carbocycles. The molecule has 1 aliphatic rings. The van der Waals surface area contributed by atoms with Gasteiger partial charge in [-0.25, -0.2) is 0 Å². The molecule has 1 N–H and O–H groups in total. The first-order valence-electron chi connectivity index (χ1n) is 12.4. The monoisotopic (exact) mass is 475 g/mol. The molecule has 0 bridgehead atoms. The molecular formula is C29H39N2O2Si+. The molecule has 34 heavy (non-hydrogen) atoms. The summed E-state index contributed by atoms with van der Waals surface area (Å²) >= 11 is 0. The Balaban J connectivity index is 2.09. The number of allylic oxidation sites excluding steroid dienone is 2. The third-order valence-corrected chi connectivity index (χ3v) is 12.0. The minimum Gasteiger partial charge on any atom is -0.505 e. The Morgan fingerprint density at radius 2 is 1.62 bits per heavy atom. The van der Waals surface area contributed by atoms with Crippen molar-refractivity contribution in [1.29, 1.82) is 5.39 Å². The first-order chi connectivity index (χ1) is 16.2. The van der Waals surface area contributed by atoms with E-state index in [1.165, 1.54) is 10.4 Å². The lowest BCUT2D eigenvalue weighted by Gasteiger charge is -2.45. The number of rotatable bonds is 8. The van der Waals surface area contributed by atoms with Crippen LogP contribution in [-0.4, -0.2) is 19.5 Å². The van der Waals surface area contributed by atoms with Gasteiger partial charge in [-0.15, -0.1) is 0 Å². The Kier molecular flexibility index (Phi) is 8.51. The van der Waals surface area contributed by atoms with Crippen LogP contribution in [0.2, 0.25) is 5.04 Å². The zero-order valence-corrected chi connectivity index (χ0v) is 22.2. The lowest BCUT2D eigenvalue weighted by molar-refractivity contribution is 0.152. The summed E-state index contributed by atoms with van der Waals surface area (Å²) < 4.78 is 7.47. The van der Waals surface area contributed by atoms with Gasteiger partial charge in [0.05, 0.1) is 6.10 Å². The Hall–Kier alpha value is -2.68. The summed E-state index contributed by atoms with van der Waals surface area (Å²) in [5.74, 6) is 0.961. The third kappa shape index (κ3) is 5.68. The molecule has 1 aliphatic carbocycles. The van der Waals surface area contributed by atoms with E-state index in [-0.39, 0.29) is 28.7 Å². The Morgan fingerprint density at radius 3 is 2.09 bits per heavy atom. The fourth-order valence-corrected chi connectivity index (χ4v) is 10.1. The maximum absolute atomic E-state index is 10.3. The molecule has 0 aromatic heterocycles. The first-order valence-corrected chi connectivity index (χ1v) is 14.3. The quantitative estimate of drug-likeness (QED) is 0.197. The largest absolute Gasteiger partial charge is 0.505 e. The van der Waals surface area contributed by atoms with Crippen LogP contribution in [0, 0.1) is 23.1 Å². The van der Waals surface area contributed by atoms with Crippen molar-refractivity contribution < 1.29 is 9.53 Å². The fourth-order valence-electron chi connectivity index (χ4n) is 5.38. The highest BCUT2D eigenvalue weighted by Crippen LogP contribution is 2.44. The summed E-state index contributed by atoms with van der Waals surface area (Å²) in [6, 6.07) is 21.5. The maximum atomic E-state index is 10.3. The predicted molar refractivity (Wildman–Crippen MR) is 143 cm³/mol. The van der Waals surface area contributed by atoms with Crippen molar-refractivity contribution in [3.63, 3.8) is 0 Å². The van der Waals surface area contributed by atoms with Crippen molar-refractivity contribution in [3.8, 4) is 0 Å². The number of diazo groups is 1. The zero-order chi connectivity index (χ0) is 24.8. The van der Waals surface area contributed by atoms with Crippen molar-refractivity contribution in [2.24, 2.45) is 17.8 Å². The highest BCUT2D eigenvalue weighted by Gasteiger charge is 2.53. The standard InChI is InChI=1S/C29H38N2O2Si/c1-22(2)16-18-27-23(20-24(32)21-31-30)17-19-28(27)33-34(29(3,4)5,25-12-8-6-9-13-25)26-14-10-7-11-15-26/h6-16,18,21-23,27-28H,17,19-20H2,1-5H3/p+1/b18-16+,24-21+/t23-,27+,28+/m1/s1. The van der Waals surface area contributed by atoms with Gasteiger partial charge in [-0.1, -0.05) is 107 Å². The van der Waals surface area contributed by atoms with E-state index >= 15 is 0 Å². The Labute approximate surface area is 206 Å². The van der Waals surface area contributed by atoms with Gasteiger partial charge in [-0.2, -0.15) is 0 Å². The van der Waals surface area contributed by atoms with Gasteiger partial charge in [-0.3, -0.25) is 0 Å². The summed E-state index contributed by atoms with van der Waals surface area (Å²) in [5.41, 5.74) is 0. The van der Waals surface area contributed by atoms with Crippen molar-refractivity contribution in [3.05, 3.63) is 89.8 Å². The van der Waals surface area contributed by atoms with E-state index in [0.29, 0.717) is 12.3 Å². The van der Waals surface area contributed by atoms with Crippen LogP contribution in [0.5, 0.6) is 0 Å². The van der Waals surface area contributed by atoms with Crippen LogP contribution in [0.3, 0.4) is 0 Å². The molecule has 1 fully saturated rings. The summed E-state index contributed by atoms with van der Waals surface area (Å²) in [5, 5.41) is 21.6. The molecule has 0 spiro atoms. The van der Waals surface area contributed by atoms with E-state index in [9.17, 15) is 5.11 Å². The van der Waals surface area contributed by atoms with Crippen molar-refractivity contribution in [1.82, 2.24) is 0 Å². The molecule has 4 nitrogen and oxygen atoms in total. The minimum atomic E-state index is -2.67. The molecule has 3 rings (SSSR count). The molecule has 2 aromatic rings. The molecule has 0 heterocycles. The molecule has 3 atom stereocenters. The molecule has 0 saturated heterocycles. The van der Waals surface area contributed by atoms with Gasteiger partial charge in [0.2, 0.25) is 5.39 Å². The van der Waals surface area contributed by atoms with E-state index in [2.05, 4.69) is 112 Å². The van der Waals surface area contributed by atoms with E-state index in [1.54, 1.807) is 0 Å². The predicted octanol–water partition coefficient (Wildman–Crippen LogP) is 6.81. The summed E-state index contributed by atoms with van der Waals surface area (Å²) in [6.07, 6.45) is 8.11. The third-order valence-electron chi connectivity index (χ3n) is 6.94. The highest BCUT2D eigenvalue weighted by molar-refractivity contribution is 6.99. The smallest absolute Gasteiger partial charge is 0.387 e. The van der Waals surface area contributed by atoms with Gasteiger partial charge in [-0.05, 0) is 40.1 Å². The van der Waals surface area contributed by atoms with E-state index in [1.807, 2.05) is 0 Å². The average molecular weight is 476 g/mol. The van der Waals surface area contributed by atoms with Gasteiger partial charge in [0, 0.05) is 12.3 Å². The number of hydrogen-bond acceptors (Lipinski definition) is 3. The maximum Gasteiger partial charge on any atom is 0.387 e. The minimum absolute atomic E-state index is 0.0465. The van der Waals surface area contributed by atoms with Gasteiger partial charge < -0.3 is 9.53 Å². The van der Waals surface area contributed by atoms with Gasteiger partial charge in [0.25, 0.3) is 8.32 Å². The lowest BCUT2D eigenvalue weighted by Crippen LogP contribution is -2.68. The Morgan fingerprint density at radius 1 is 1.06 bits per heavy atom. The molecular weight excluding hydrogens is 436 g/mol. The molecule has 5 heteroatoms. The topological polar surface area (TPSA) is 57.6 Å². The number of nitrogens with zero attached hydrogens (tertiary/aromatic N) is 2. The number of aliphatic hydroxyl groups is 1. The molecule has 180 valence electrons. The zero-order valence-electron chi connectivity index (χ0n) is 21.2. The second-order valence-corrected chi connectivity index (χ2v) is 15.1. The van der Waals surface area contributed by atoms with Crippen LogP contribution in [0.15, 0.2) is 84.8 Å². The summed E-state index contributed by atoms with van der Waals surface area (Å²) in [7, 11) is -2.67. The average Bonchev–Trinajstić information content (AvgIpc) is 3.17. The van der Waals surface area contributed by atoms with Crippen molar-refractivity contribution in [2.75, 3.05) is 0 Å². The summed E-state index contributed by atoms with van der Waals surface area (Å²) in [4.78, 5) is 3.01. The number of aliphatic hydroxyl groups excluding tert-OH is 1. The van der Waals surface area contributed by atoms with Gasteiger partial charge >= 0.3 is 6.20 Å². The highest BCUT2D eigenvalue weighted by atomic mass is 28.4. The second-order valence-electron chi connectivity index (χ2n) is 10.8. The lowest BCUT2D eigenvalue weighted by atomic mass is 9.90. The van der Waals surface area contributed by atoms with Crippen LogP contribution in [0.4, 0.5) is 0 Å². The van der Waals surface area contributed by atoms with Crippen molar-refractivity contribution in [2.45, 2.75) is 65.0 Å². The van der Waals surface area contributed by atoms with Crippen molar-refractivity contribution >= 4 is 18.7 Å². The van der Waals surface area contributed by atoms with Crippen LogP contribution < -0.4 is 10.4 Å². The van der Waals surface area contributed by atoms with Crippen LogP contribution in [0.25, 0.3) is 4.98 Å². The van der Waals surface area contributed by atoms with Crippen LogP contribution >= 0.6 is 0 Å². The normalized spacial score (nSPS) is 21.8. The van der Waals surface area contributed by atoms with E-state index in [0.717, 1.165) is 19.0 Å². The SMILES string of the molecule is CC(C)/C=C/[C@H]1[C@@H](C/C(O)=C\[N+]#N)CC[C@@H]1O[Si](c1ccccc1)(c1ccccc1)C(C)(C)C. The molecule has 0 amide bonds. The van der Waals surface area contributed by atoms with E-state index in [4.69, 9.17) is 9.82 Å². The first kappa shape index (κ1) is 25.9. The summed E-state index contributed by atoms with van der Waals surface area (Å²) in [6.45, 7) is 11.3. The molecule has 0 radical (unpaired) electrons. The Bertz CT molecular complexity index is 980. The van der Waals surface area contributed by atoms with E-state index < -0.39 is 8.32 Å². The number of hydrogen-bond donors (Lipinski definition) is 1. The van der Waals surface area contributed by atoms with Crippen LogP contribution in [0.1, 0.15) is 53.9 Å². The second kappa shape index (κ2) is 11.2. The molecule has 1 saturated carbocycles. The molecule has 0 aliphatic heterocycles. The van der Waals surface area contributed by atoms with Crippen LogP contribution in [-0.2, 0) is 4.43 Å². The fraction of sp³-hybridized carbons (Fsp3) is 0.448. The molecule has 0 unspecified atom stereocenters. The van der Waals surface area contributed by atoms with Gasteiger partial charge in [0.1, 0.15) is 0 Å². The number of benzene rings is 2.